The third-order valence-electron chi connectivity index (χ3n) is 2.52. The normalized spacial score (nSPS) is 11.1. The Labute approximate surface area is 116 Å². The van der Waals surface area contributed by atoms with E-state index in [2.05, 4.69) is 10.3 Å². The Morgan fingerprint density at radius 1 is 1.15 bits per heavy atom. The Morgan fingerprint density at radius 2 is 1.80 bits per heavy atom. The first-order valence-corrected chi connectivity index (χ1v) is 7.53. The molecule has 6 nitrogen and oxygen atoms in total. The van der Waals surface area contributed by atoms with Gasteiger partial charge in [-0.1, -0.05) is 6.07 Å². The van der Waals surface area contributed by atoms with Crippen molar-refractivity contribution in [3.05, 3.63) is 48.2 Å². The number of benzene rings is 1. The minimum atomic E-state index is -3.23. The quantitative estimate of drug-likeness (QED) is 0.893. The van der Waals surface area contributed by atoms with Crippen molar-refractivity contribution in [3.8, 4) is 0 Å². The second kappa shape index (κ2) is 5.30. The molecule has 2 rings (SSSR count). The average Bonchev–Trinajstić information content (AvgIpc) is 2.38. The molecule has 0 saturated heterocycles. The first-order chi connectivity index (χ1) is 9.36. The molecule has 2 N–H and O–H groups in total. The molecule has 0 unspecified atom stereocenters. The van der Waals surface area contributed by atoms with Crippen molar-refractivity contribution < 1.29 is 18.3 Å². The fraction of sp³-hybridized carbons (Fsp3) is 0.0769. The zero-order chi connectivity index (χ0) is 14.8. The molecule has 1 aromatic carbocycles. The fourth-order valence-electron chi connectivity index (χ4n) is 1.56. The second-order valence-electron chi connectivity index (χ2n) is 4.13. The van der Waals surface area contributed by atoms with Crippen LogP contribution < -0.4 is 5.32 Å². The average molecular weight is 292 g/mol. The minimum Gasteiger partial charge on any atom is -0.477 e. The molecule has 0 spiro atoms. The predicted molar refractivity (Wildman–Crippen MR) is 74.0 cm³/mol. The number of carbonyl (C=O) groups is 1. The van der Waals surface area contributed by atoms with Crippen LogP contribution in [0.15, 0.2) is 47.4 Å². The highest BCUT2D eigenvalue weighted by Gasteiger charge is 2.07. The highest BCUT2D eigenvalue weighted by Crippen LogP contribution is 2.17. The smallest absolute Gasteiger partial charge is 0.354 e. The summed E-state index contributed by atoms with van der Waals surface area (Å²) in [7, 11) is -3.23. The number of sulfone groups is 1. The van der Waals surface area contributed by atoms with Crippen molar-refractivity contribution in [1.29, 1.82) is 0 Å². The molecule has 0 bridgehead atoms. The van der Waals surface area contributed by atoms with Gasteiger partial charge in [0.25, 0.3) is 0 Å². The summed E-state index contributed by atoms with van der Waals surface area (Å²) in [6.45, 7) is 0. The molecule has 0 saturated carbocycles. The third kappa shape index (κ3) is 3.33. The van der Waals surface area contributed by atoms with Gasteiger partial charge in [0.1, 0.15) is 5.82 Å². The van der Waals surface area contributed by atoms with E-state index in [0.29, 0.717) is 11.5 Å². The van der Waals surface area contributed by atoms with Gasteiger partial charge in [0, 0.05) is 11.9 Å². The van der Waals surface area contributed by atoms with Crippen LogP contribution in [0.5, 0.6) is 0 Å². The van der Waals surface area contributed by atoms with Crippen LogP contribution in [0.2, 0.25) is 0 Å². The summed E-state index contributed by atoms with van der Waals surface area (Å²) in [6.07, 6.45) is 1.13. The summed E-state index contributed by atoms with van der Waals surface area (Å²) in [4.78, 5) is 14.9. The lowest BCUT2D eigenvalue weighted by molar-refractivity contribution is 0.0690. The van der Waals surface area contributed by atoms with Crippen molar-refractivity contribution in [2.45, 2.75) is 4.90 Å². The van der Waals surface area contributed by atoms with E-state index in [9.17, 15) is 13.2 Å². The number of nitrogens with one attached hydrogen (secondary N) is 1. The van der Waals surface area contributed by atoms with Crippen molar-refractivity contribution in [1.82, 2.24) is 4.98 Å². The number of rotatable bonds is 4. The van der Waals surface area contributed by atoms with Crippen LogP contribution in [0.3, 0.4) is 0 Å². The number of hydrogen-bond donors (Lipinski definition) is 2. The minimum absolute atomic E-state index is 0.0669. The van der Waals surface area contributed by atoms with Crippen LogP contribution in [-0.2, 0) is 9.84 Å². The monoisotopic (exact) mass is 292 g/mol. The van der Waals surface area contributed by atoms with Crippen LogP contribution in [0.25, 0.3) is 0 Å². The van der Waals surface area contributed by atoms with E-state index in [1.165, 1.54) is 18.2 Å². The van der Waals surface area contributed by atoms with E-state index in [-0.39, 0.29) is 10.6 Å². The number of carboxylic acids is 1. The Kier molecular flexibility index (Phi) is 3.71. The standard InChI is InChI=1S/C13H12N2O4S/c1-20(18,19)10-7-5-9(6-8-10)14-12-4-2-3-11(15-12)13(16)17/h2-8H,1H3,(H,14,15)(H,16,17). The van der Waals surface area contributed by atoms with Gasteiger partial charge in [0.05, 0.1) is 4.90 Å². The van der Waals surface area contributed by atoms with Gasteiger partial charge in [0.15, 0.2) is 15.5 Å². The molecular formula is C13H12N2O4S. The molecule has 1 aromatic heterocycles. The molecule has 2 aromatic rings. The number of aromatic nitrogens is 1. The lowest BCUT2D eigenvalue weighted by atomic mass is 10.3. The highest BCUT2D eigenvalue weighted by atomic mass is 32.2. The van der Waals surface area contributed by atoms with Crippen molar-refractivity contribution >= 4 is 27.3 Å². The van der Waals surface area contributed by atoms with Gasteiger partial charge in [-0.2, -0.15) is 0 Å². The van der Waals surface area contributed by atoms with Crippen LogP contribution >= 0.6 is 0 Å². The van der Waals surface area contributed by atoms with E-state index >= 15 is 0 Å². The summed E-state index contributed by atoms with van der Waals surface area (Å²) in [5.74, 6) is -0.738. The molecule has 0 amide bonds. The van der Waals surface area contributed by atoms with Gasteiger partial charge in [-0.3, -0.25) is 0 Å². The van der Waals surface area contributed by atoms with Gasteiger partial charge in [-0.25, -0.2) is 18.2 Å². The molecule has 0 aliphatic carbocycles. The van der Waals surface area contributed by atoms with Crippen molar-refractivity contribution in [3.63, 3.8) is 0 Å². The molecule has 0 radical (unpaired) electrons. The van der Waals surface area contributed by atoms with Crippen molar-refractivity contribution in [2.24, 2.45) is 0 Å². The summed E-state index contributed by atoms with van der Waals surface area (Å²) in [5, 5.41) is 11.8. The molecule has 0 aliphatic rings. The molecule has 1 heterocycles. The number of aromatic carboxylic acids is 1. The Morgan fingerprint density at radius 3 is 2.35 bits per heavy atom. The zero-order valence-electron chi connectivity index (χ0n) is 10.6. The number of pyridine rings is 1. The summed E-state index contributed by atoms with van der Waals surface area (Å²) in [6, 6.07) is 10.7. The maximum atomic E-state index is 11.3. The Hall–Kier alpha value is -2.41. The number of carboxylic acid groups (broad SMARTS) is 1. The SMILES string of the molecule is CS(=O)(=O)c1ccc(Nc2cccc(C(=O)O)n2)cc1. The van der Waals surface area contributed by atoms with Gasteiger partial charge in [-0.15, -0.1) is 0 Å². The van der Waals surface area contributed by atoms with E-state index in [0.717, 1.165) is 6.26 Å². The van der Waals surface area contributed by atoms with E-state index < -0.39 is 15.8 Å². The second-order valence-corrected chi connectivity index (χ2v) is 6.15. The fourth-order valence-corrected chi connectivity index (χ4v) is 2.19. The van der Waals surface area contributed by atoms with Gasteiger partial charge >= 0.3 is 5.97 Å². The maximum Gasteiger partial charge on any atom is 0.354 e. The molecule has 20 heavy (non-hydrogen) atoms. The van der Waals surface area contributed by atoms with Crippen molar-refractivity contribution in [2.75, 3.05) is 11.6 Å². The maximum absolute atomic E-state index is 11.3. The first kappa shape index (κ1) is 14.0. The van der Waals surface area contributed by atoms with E-state index in [4.69, 9.17) is 5.11 Å². The lowest BCUT2D eigenvalue weighted by Crippen LogP contribution is -2.03. The Bertz CT molecular complexity index is 739. The van der Waals surface area contributed by atoms with E-state index in [1.807, 2.05) is 0 Å². The topological polar surface area (TPSA) is 96.4 Å². The predicted octanol–water partition coefficient (Wildman–Crippen LogP) is 1.93. The Balaban J connectivity index is 2.22. The van der Waals surface area contributed by atoms with Gasteiger partial charge in [-0.05, 0) is 36.4 Å². The van der Waals surface area contributed by atoms with Crippen LogP contribution in [0.1, 0.15) is 10.5 Å². The molecule has 0 atom stereocenters. The van der Waals surface area contributed by atoms with Gasteiger partial charge in [0.2, 0.25) is 0 Å². The molecule has 0 fully saturated rings. The highest BCUT2D eigenvalue weighted by molar-refractivity contribution is 7.90. The summed E-state index contributed by atoms with van der Waals surface area (Å²) in [5.41, 5.74) is 0.551. The summed E-state index contributed by atoms with van der Waals surface area (Å²) < 4.78 is 22.6. The third-order valence-corrected chi connectivity index (χ3v) is 3.65. The zero-order valence-corrected chi connectivity index (χ0v) is 11.4. The number of nitrogens with zero attached hydrogens (tertiary/aromatic N) is 1. The van der Waals surface area contributed by atoms with Crippen LogP contribution in [-0.4, -0.2) is 30.7 Å². The summed E-state index contributed by atoms with van der Waals surface area (Å²) >= 11 is 0. The van der Waals surface area contributed by atoms with Crippen LogP contribution in [0, 0.1) is 0 Å². The largest absolute Gasteiger partial charge is 0.477 e. The van der Waals surface area contributed by atoms with Crippen LogP contribution in [0.4, 0.5) is 11.5 Å². The number of hydrogen-bond acceptors (Lipinski definition) is 5. The number of anilines is 2. The van der Waals surface area contributed by atoms with E-state index in [1.54, 1.807) is 24.3 Å². The molecule has 0 aliphatic heterocycles. The molecule has 7 heteroatoms. The van der Waals surface area contributed by atoms with Gasteiger partial charge < -0.3 is 10.4 Å². The lowest BCUT2D eigenvalue weighted by Gasteiger charge is -2.06. The first-order valence-electron chi connectivity index (χ1n) is 5.64. The molecule has 104 valence electrons. The molecular weight excluding hydrogens is 280 g/mol.